The third kappa shape index (κ3) is 18.2. The minimum Gasteiger partial charge on any atom is -0.777 e. The Kier molecular flexibility index (Phi) is 24.0. The molecule has 13 heteroatoms. The minimum absolute atomic E-state index is 0. The second kappa shape index (κ2) is 25.6. The minimum atomic E-state index is -4.17. The van der Waals surface area contributed by atoms with E-state index in [1.807, 2.05) is 0 Å². The van der Waals surface area contributed by atoms with Gasteiger partial charge in [0.1, 0.15) is 12.7 Å². The molecule has 0 radical (unpaired) electrons. The maximum Gasteiger partial charge on any atom is 1.00 e. The zero-order chi connectivity index (χ0) is 30.3. The van der Waals surface area contributed by atoms with E-state index in [0.717, 1.165) is 6.42 Å². The fourth-order valence-corrected chi connectivity index (χ4v) is 5.68. The van der Waals surface area contributed by atoms with E-state index in [1.165, 1.54) is 104 Å². The predicted molar refractivity (Wildman–Crippen MR) is 163 cm³/mol. The first kappa shape index (κ1) is 40.4. The molecule has 2 rings (SSSR count). The van der Waals surface area contributed by atoms with E-state index in [0.29, 0.717) is 36.7 Å². The van der Waals surface area contributed by atoms with Crippen LogP contribution in [0.4, 0.5) is 0 Å². The zero-order valence-electron chi connectivity index (χ0n) is 27.2. The molecule has 2 aromatic heterocycles. The summed E-state index contributed by atoms with van der Waals surface area (Å²) in [5.41, 5.74) is 1.07. The average molecular weight is 637 g/mol. The summed E-state index contributed by atoms with van der Waals surface area (Å²) in [6.45, 7) is 4.00. The van der Waals surface area contributed by atoms with Crippen molar-refractivity contribution < 1.29 is 62.5 Å². The number of hydrogen-bond acceptors (Lipinski definition) is 10. The van der Waals surface area contributed by atoms with Crippen molar-refractivity contribution in [2.45, 2.75) is 116 Å². The molecule has 0 amide bonds. The van der Waals surface area contributed by atoms with Gasteiger partial charge in [0.2, 0.25) is 5.88 Å². The Morgan fingerprint density at radius 2 is 1.44 bits per heavy atom. The van der Waals surface area contributed by atoms with Gasteiger partial charge in [-0.25, -0.2) is 9.97 Å². The van der Waals surface area contributed by atoms with Crippen molar-refractivity contribution in [3.63, 3.8) is 0 Å². The Hall–Kier alpha value is -0.620. The van der Waals surface area contributed by atoms with Gasteiger partial charge in [-0.1, -0.05) is 90.4 Å². The van der Waals surface area contributed by atoms with Crippen molar-refractivity contribution >= 4 is 18.8 Å². The molecule has 2 atom stereocenters. The molecule has 43 heavy (non-hydrogen) atoms. The molecule has 2 aromatic rings. The van der Waals surface area contributed by atoms with E-state index in [4.69, 9.17) is 23.5 Å². The molecule has 2 heterocycles. The molecular formula is C30H54N4NaO7P. The van der Waals surface area contributed by atoms with Gasteiger partial charge in [-0.15, -0.1) is 0 Å². The Morgan fingerprint density at radius 3 is 2.05 bits per heavy atom. The summed E-state index contributed by atoms with van der Waals surface area (Å²) in [5, 5.41) is 0. The molecular weight excluding hydrogens is 582 g/mol. The summed E-state index contributed by atoms with van der Waals surface area (Å²) in [6.07, 6.45) is 21.0. The van der Waals surface area contributed by atoms with Crippen molar-refractivity contribution in [3.8, 4) is 5.88 Å². The van der Waals surface area contributed by atoms with Crippen LogP contribution in [0.5, 0.6) is 5.88 Å². The van der Waals surface area contributed by atoms with Crippen molar-refractivity contribution in [1.29, 1.82) is 0 Å². The van der Waals surface area contributed by atoms with Crippen molar-refractivity contribution in [2.24, 2.45) is 0 Å². The maximum atomic E-state index is 12.4. The Balaban J connectivity index is 0.00000924. The van der Waals surface area contributed by atoms with Crippen LogP contribution in [-0.2, 0) is 29.8 Å². The normalized spacial score (nSPS) is 13.6. The summed E-state index contributed by atoms with van der Waals surface area (Å²) < 4.78 is 40.9. The van der Waals surface area contributed by atoms with Gasteiger partial charge in [-0.2, -0.15) is 4.98 Å². The molecule has 0 N–H and O–H groups in total. The first-order valence-electron chi connectivity index (χ1n) is 15.8. The third-order valence-electron chi connectivity index (χ3n) is 7.15. The van der Waals surface area contributed by atoms with Crippen LogP contribution in [-0.4, -0.2) is 72.6 Å². The number of rotatable bonds is 28. The SMILES string of the molecule is CCCCCCCCCCCCCCCCOCCCOP(=O)([O-])CO[C@H](COC)Cn1cnc2c(OC)ncnc21.[Na+]. The summed E-state index contributed by atoms with van der Waals surface area (Å²) in [4.78, 5) is 24.9. The number of nitrogens with zero attached hydrogens (tertiary/aromatic N) is 4. The molecule has 0 spiro atoms. The fraction of sp³-hybridized carbons (Fsp3) is 0.833. The van der Waals surface area contributed by atoms with E-state index < -0.39 is 20.0 Å². The van der Waals surface area contributed by atoms with E-state index in [2.05, 4.69) is 21.9 Å². The van der Waals surface area contributed by atoms with Gasteiger partial charge >= 0.3 is 29.6 Å². The molecule has 11 nitrogen and oxygen atoms in total. The van der Waals surface area contributed by atoms with E-state index in [9.17, 15) is 9.46 Å². The van der Waals surface area contributed by atoms with Crippen molar-refractivity contribution in [2.75, 3.05) is 47.0 Å². The van der Waals surface area contributed by atoms with E-state index >= 15 is 0 Å². The second-order valence-corrected chi connectivity index (χ2v) is 12.6. The molecule has 0 saturated heterocycles. The van der Waals surface area contributed by atoms with Crippen LogP contribution >= 0.6 is 7.60 Å². The van der Waals surface area contributed by atoms with Gasteiger partial charge in [0.25, 0.3) is 0 Å². The van der Waals surface area contributed by atoms with Crippen LogP contribution in [0.3, 0.4) is 0 Å². The van der Waals surface area contributed by atoms with Gasteiger partial charge < -0.3 is 37.5 Å². The van der Waals surface area contributed by atoms with Crippen molar-refractivity contribution in [1.82, 2.24) is 19.5 Å². The Morgan fingerprint density at radius 1 is 0.837 bits per heavy atom. The molecule has 0 fully saturated rings. The number of unbranched alkanes of at least 4 members (excludes halogenated alkanes) is 13. The number of ether oxygens (including phenoxy) is 4. The number of aromatic nitrogens is 4. The molecule has 0 aromatic carbocycles. The molecule has 0 aliphatic rings. The first-order chi connectivity index (χ1) is 20.5. The van der Waals surface area contributed by atoms with Crippen LogP contribution in [0.15, 0.2) is 12.7 Å². The summed E-state index contributed by atoms with van der Waals surface area (Å²) in [5.74, 6) is 0.365. The molecule has 0 saturated carbocycles. The molecule has 0 aliphatic carbocycles. The number of fused-ring (bicyclic) bond motifs is 1. The maximum absolute atomic E-state index is 12.4. The molecule has 1 unspecified atom stereocenters. The van der Waals surface area contributed by atoms with Gasteiger partial charge in [-0.3, -0.25) is 0 Å². The Bertz CT molecular complexity index is 1000. The summed E-state index contributed by atoms with van der Waals surface area (Å²) in [7, 11) is -1.13. The zero-order valence-corrected chi connectivity index (χ0v) is 30.1. The number of hydrogen-bond donors (Lipinski definition) is 0. The Labute approximate surface area is 281 Å². The van der Waals surface area contributed by atoms with Gasteiger partial charge in [-0.05, 0) is 12.8 Å². The quantitative estimate of drug-likeness (QED) is 0.0779. The van der Waals surface area contributed by atoms with E-state index in [1.54, 1.807) is 10.9 Å². The van der Waals surface area contributed by atoms with Gasteiger partial charge in [0.05, 0.1) is 39.3 Å². The van der Waals surface area contributed by atoms with Crippen LogP contribution in [0.25, 0.3) is 11.2 Å². The fourth-order valence-electron chi connectivity index (χ4n) is 4.80. The van der Waals surface area contributed by atoms with Crippen molar-refractivity contribution in [3.05, 3.63) is 12.7 Å². The van der Waals surface area contributed by atoms with Crippen LogP contribution in [0.1, 0.15) is 103 Å². The topological polar surface area (TPSA) is 130 Å². The molecule has 0 aliphatic heterocycles. The number of methoxy groups -OCH3 is 2. The molecule has 242 valence electrons. The largest absolute Gasteiger partial charge is 1.00 e. The predicted octanol–water partition coefficient (Wildman–Crippen LogP) is 3.29. The second-order valence-electron chi connectivity index (χ2n) is 10.8. The summed E-state index contributed by atoms with van der Waals surface area (Å²) in [6, 6.07) is 0. The smallest absolute Gasteiger partial charge is 0.777 e. The van der Waals surface area contributed by atoms with Crippen LogP contribution < -0.4 is 39.2 Å². The van der Waals surface area contributed by atoms with Crippen LogP contribution in [0, 0.1) is 0 Å². The van der Waals surface area contributed by atoms with Gasteiger partial charge in [0.15, 0.2) is 18.8 Å². The van der Waals surface area contributed by atoms with E-state index in [-0.39, 0.29) is 49.3 Å². The van der Waals surface area contributed by atoms with Crippen LogP contribution in [0.2, 0.25) is 0 Å². The first-order valence-corrected chi connectivity index (χ1v) is 17.6. The molecule has 0 bridgehead atoms. The summed E-state index contributed by atoms with van der Waals surface area (Å²) >= 11 is 0. The number of imidazole rings is 1. The average Bonchev–Trinajstić information content (AvgIpc) is 3.40. The third-order valence-corrected chi connectivity index (χ3v) is 8.19. The standard InChI is InChI=1S/C30H55N4O7P.Na/c1-4-5-6-7-8-9-10-11-12-13-14-15-16-17-19-39-20-18-21-41-42(35,36)26-40-27(23-37-2)22-34-25-33-28-29(34)31-24-32-30(28)38-3;/h24-25,27H,4-23,26H2,1-3H3,(H,35,36);/q;+1/p-1/t27-;/m0./s1. The monoisotopic (exact) mass is 636 g/mol. The van der Waals surface area contributed by atoms with Gasteiger partial charge in [0, 0.05) is 20.3 Å².